The molecule has 22 heavy (non-hydrogen) atoms. The lowest BCUT2D eigenvalue weighted by atomic mass is 10.0. The molecule has 0 aliphatic rings. The van der Waals surface area contributed by atoms with E-state index in [4.69, 9.17) is 23.8 Å². The van der Waals surface area contributed by atoms with Gasteiger partial charge in [-0.05, 0) is 48.0 Å². The number of anilines is 2. The predicted octanol–water partition coefficient (Wildman–Crippen LogP) is 5.12. The van der Waals surface area contributed by atoms with Gasteiger partial charge < -0.3 is 15.7 Å². The van der Waals surface area contributed by atoms with Crippen molar-refractivity contribution >= 4 is 40.3 Å². The van der Waals surface area contributed by atoms with Crippen LogP contribution in [0.2, 0.25) is 5.02 Å². The van der Waals surface area contributed by atoms with Crippen LogP contribution in [-0.2, 0) is 0 Å². The topological polar surface area (TPSA) is 44.3 Å². The van der Waals surface area contributed by atoms with Crippen LogP contribution in [-0.4, -0.2) is 10.2 Å². The second kappa shape index (κ2) is 6.94. The van der Waals surface area contributed by atoms with E-state index in [2.05, 4.69) is 10.6 Å². The van der Waals surface area contributed by atoms with Gasteiger partial charge in [-0.15, -0.1) is 0 Å². The number of phenolic OH excluding ortho intramolecular Hbond substituents is 1. The summed E-state index contributed by atoms with van der Waals surface area (Å²) in [5.41, 5.74) is 2.33. The van der Waals surface area contributed by atoms with Crippen LogP contribution in [0, 0.1) is 5.82 Å². The number of hydrogen-bond acceptors (Lipinski definition) is 2. The molecule has 0 amide bonds. The maximum atomic E-state index is 13.1. The third-order valence-electron chi connectivity index (χ3n) is 3.08. The van der Waals surface area contributed by atoms with E-state index in [1.165, 1.54) is 12.1 Å². The fourth-order valence-corrected chi connectivity index (χ4v) is 2.42. The molecule has 0 atom stereocenters. The van der Waals surface area contributed by atoms with E-state index in [9.17, 15) is 9.50 Å². The Hall–Kier alpha value is -1.85. The minimum Gasteiger partial charge on any atom is -0.508 e. The molecule has 0 heterocycles. The van der Waals surface area contributed by atoms with Crippen LogP contribution in [0.1, 0.15) is 25.3 Å². The summed E-state index contributed by atoms with van der Waals surface area (Å²) >= 11 is 11.0. The van der Waals surface area contributed by atoms with E-state index in [-0.39, 0.29) is 16.7 Å². The Morgan fingerprint density at radius 2 is 1.91 bits per heavy atom. The fourth-order valence-electron chi connectivity index (χ4n) is 2.01. The second-order valence-corrected chi connectivity index (χ2v) is 5.95. The molecule has 116 valence electrons. The van der Waals surface area contributed by atoms with Crippen molar-refractivity contribution in [2.75, 3.05) is 10.6 Å². The van der Waals surface area contributed by atoms with Gasteiger partial charge in [0.15, 0.2) is 5.11 Å². The summed E-state index contributed by atoms with van der Waals surface area (Å²) in [7, 11) is 0. The molecular weight excluding hydrogens is 323 g/mol. The maximum Gasteiger partial charge on any atom is 0.175 e. The highest BCUT2D eigenvalue weighted by atomic mass is 35.5. The zero-order chi connectivity index (χ0) is 16.3. The van der Waals surface area contributed by atoms with Crippen molar-refractivity contribution in [1.29, 1.82) is 0 Å². The highest BCUT2D eigenvalue weighted by molar-refractivity contribution is 7.80. The molecule has 0 spiro atoms. The molecule has 0 unspecified atom stereocenters. The van der Waals surface area contributed by atoms with Gasteiger partial charge in [-0.2, -0.15) is 0 Å². The van der Waals surface area contributed by atoms with E-state index in [0.717, 1.165) is 11.3 Å². The molecule has 3 nitrogen and oxygen atoms in total. The van der Waals surface area contributed by atoms with Crippen molar-refractivity contribution in [2.24, 2.45) is 0 Å². The van der Waals surface area contributed by atoms with Gasteiger partial charge in [0.1, 0.15) is 11.6 Å². The molecule has 0 saturated heterocycles. The van der Waals surface area contributed by atoms with Crippen LogP contribution in [0.3, 0.4) is 0 Å². The molecule has 2 aromatic rings. The van der Waals surface area contributed by atoms with Crippen LogP contribution in [0.15, 0.2) is 36.4 Å². The minimum absolute atomic E-state index is 0.0213. The van der Waals surface area contributed by atoms with Gasteiger partial charge >= 0.3 is 0 Å². The number of thiocarbonyl (C=S) groups is 1. The number of nitrogens with one attached hydrogen (secondary N) is 2. The van der Waals surface area contributed by atoms with Gasteiger partial charge in [-0.1, -0.05) is 31.5 Å². The van der Waals surface area contributed by atoms with Crippen molar-refractivity contribution in [3.8, 4) is 5.75 Å². The maximum absolute atomic E-state index is 13.1. The molecule has 0 saturated carbocycles. The first-order chi connectivity index (χ1) is 10.4. The Balaban J connectivity index is 2.15. The van der Waals surface area contributed by atoms with Crippen LogP contribution in [0.5, 0.6) is 5.75 Å². The zero-order valence-electron chi connectivity index (χ0n) is 12.2. The zero-order valence-corrected chi connectivity index (χ0v) is 13.7. The van der Waals surface area contributed by atoms with Crippen LogP contribution in [0.25, 0.3) is 0 Å². The molecule has 2 rings (SSSR count). The first kappa shape index (κ1) is 16.5. The van der Waals surface area contributed by atoms with Crippen molar-refractivity contribution in [2.45, 2.75) is 19.8 Å². The summed E-state index contributed by atoms with van der Waals surface area (Å²) in [5, 5.41) is 15.9. The molecule has 0 aromatic heterocycles. The third-order valence-corrected chi connectivity index (χ3v) is 3.58. The number of hydrogen-bond donors (Lipinski definition) is 3. The van der Waals surface area contributed by atoms with Gasteiger partial charge in [-0.3, -0.25) is 0 Å². The highest BCUT2D eigenvalue weighted by Gasteiger charge is 2.09. The van der Waals surface area contributed by atoms with Crippen LogP contribution in [0.4, 0.5) is 15.8 Å². The molecule has 0 aliphatic heterocycles. The minimum atomic E-state index is -0.485. The standard InChI is InChI=1S/C16H16ClFN2OS/c1-9(2)12-5-4-11(21)8-15(12)20-16(22)19-10-3-6-14(18)13(17)7-10/h3-9,21H,1-2H3,(H2,19,20,22). The average Bonchev–Trinajstić information content (AvgIpc) is 2.42. The van der Waals surface area contributed by atoms with Crippen LogP contribution < -0.4 is 10.6 Å². The number of phenols is 1. The van der Waals surface area contributed by atoms with E-state index in [0.29, 0.717) is 10.8 Å². The summed E-state index contributed by atoms with van der Waals surface area (Å²) < 4.78 is 13.1. The first-order valence-corrected chi connectivity index (χ1v) is 7.51. The second-order valence-electron chi connectivity index (χ2n) is 5.13. The number of halogens is 2. The number of benzene rings is 2. The lowest BCUT2D eigenvalue weighted by Crippen LogP contribution is -2.20. The first-order valence-electron chi connectivity index (χ1n) is 6.73. The average molecular weight is 339 g/mol. The Morgan fingerprint density at radius 1 is 1.18 bits per heavy atom. The van der Waals surface area contributed by atoms with Crippen LogP contribution >= 0.6 is 23.8 Å². The van der Waals surface area contributed by atoms with E-state index in [1.54, 1.807) is 18.2 Å². The van der Waals surface area contributed by atoms with Gasteiger partial charge in [-0.25, -0.2) is 4.39 Å². The van der Waals surface area contributed by atoms with Crippen molar-refractivity contribution in [1.82, 2.24) is 0 Å². The summed E-state index contributed by atoms with van der Waals surface area (Å²) in [5.74, 6) is -0.0631. The summed E-state index contributed by atoms with van der Waals surface area (Å²) in [6.07, 6.45) is 0. The SMILES string of the molecule is CC(C)c1ccc(O)cc1NC(=S)Nc1ccc(F)c(Cl)c1. The summed E-state index contributed by atoms with van der Waals surface area (Å²) in [4.78, 5) is 0. The Morgan fingerprint density at radius 3 is 2.55 bits per heavy atom. The monoisotopic (exact) mass is 338 g/mol. The van der Waals surface area contributed by atoms with Crippen molar-refractivity contribution in [3.05, 3.63) is 52.8 Å². The fraction of sp³-hybridized carbons (Fsp3) is 0.188. The number of rotatable bonds is 3. The van der Waals surface area contributed by atoms with Gasteiger partial charge in [0.25, 0.3) is 0 Å². The quantitative estimate of drug-likeness (QED) is 0.680. The normalized spacial score (nSPS) is 10.6. The molecule has 0 radical (unpaired) electrons. The molecule has 0 aliphatic carbocycles. The smallest absolute Gasteiger partial charge is 0.175 e. The molecule has 6 heteroatoms. The molecule has 0 bridgehead atoms. The summed E-state index contributed by atoms with van der Waals surface area (Å²) in [6.45, 7) is 4.10. The number of aromatic hydroxyl groups is 1. The van der Waals surface area contributed by atoms with Gasteiger partial charge in [0.05, 0.1) is 5.02 Å². The molecule has 2 aromatic carbocycles. The Kier molecular flexibility index (Phi) is 5.21. The molecule has 3 N–H and O–H groups in total. The largest absolute Gasteiger partial charge is 0.508 e. The van der Waals surface area contributed by atoms with Gasteiger partial charge in [0, 0.05) is 17.4 Å². The third kappa shape index (κ3) is 4.08. The lowest BCUT2D eigenvalue weighted by molar-refractivity contribution is 0.475. The Bertz CT molecular complexity index is 707. The highest BCUT2D eigenvalue weighted by Crippen LogP contribution is 2.28. The van der Waals surface area contributed by atoms with E-state index < -0.39 is 5.82 Å². The predicted molar refractivity (Wildman–Crippen MR) is 93.4 cm³/mol. The lowest BCUT2D eigenvalue weighted by Gasteiger charge is -2.16. The molecular formula is C16H16ClFN2OS. The van der Waals surface area contributed by atoms with Crippen molar-refractivity contribution < 1.29 is 9.50 Å². The summed E-state index contributed by atoms with van der Waals surface area (Å²) in [6, 6.07) is 9.36. The Labute approximate surface area is 139 Å². The van der Waals surface area contributed by atoms with E-state index >= 15 is 0 Å². The molecule has 0 fully saturated rings. The van der Waals surface area contributed by atoms with Crippen molar-refractivity contribution in [3.63, 3.8) is 0 Å². The van der Waals surface area contributed by atoms with Gasteiger partial charge in [0.2, 0.25) is 0 Å². The van der Waals surface area contributed by atoms with E-state index in [1.807, 2.05) is 19.9 Å².